The zero-order valence-electron chi connectivity index (χ0n) is 11.1. The second-order valence-electron chi connectivity index (χ2n) is 4.63. The van der Waals surface area contributed by atoms with Gasteiger partial charge in [-0.15, -0.1) is 0 Å². The molecular formula is C14H21NO3. The van der Waals surface area contributed by atoms with Crippen molar-refractivity contribution in [2.24, 2.45) is 0 Å². The Morgan fingerprint density at radius 3 is 2.50 bits per heavy atom. The molecular weight excluding hydrogens is 230 g/mol. The van der Waals surface area contributed by atoms with E-state index in [1.165, 1.54) is 0 Å². The first-order chi connectivity index (χ1) is 8.43. The maximum absolute atomic E-state index is 11.9. The molecule has 0 saturated heterocycles. The average molecular weight is 251 g/mol. The molecule has 2 N–H and O–H groups in total. The third kappa shape index (κ3) is 3.74. The zero-order chi connectivity index (χ0) is 13.7. The van der Waals surface area contributed by atoms with Crippen molar-refractivity contribution in [1.82, 2.24) is 4.90 Å². The minimum atomic E-state index is -0.470. The van der Waals surface area contributed by atoms with Gasteiger partial charge < -0.3 is 15.1 Å². The minimum absolute atomic E-state index is 0.0355. The van der Waals surface area contributed by atoms with E-state index < -0.39 is 6.10 Å². The molecule has 2 unspecified atom stereocenters. The predicted octanol–water partition coefficient (Wildman–Crippen LogP) is 2.07. The van der Waals surface area contributed by atoms with Crippen LogP contribution in [0.15, 0.2) is 24.3 Å². The van der Waals surface area contributed by atoms with Crippen molar-refractivity contribution < 1.29 is 15.0 Å². The Labute approximate surface area is 108 Å². The number of hydrogen-bond acceptors (Lipinski definition) is 3. The summed E-state index contributed by atoms with van der Waals surface area (Å²) >= 11 is 0. The van der Waals surface area contributed by atoms with Crippen molar-refractivity contribution in [3.05, 3.63) is 29.8 Å². The molecule has 100 valence electrons. The van der Waals surface area contributed by atoms with Crippen LogP contribution in [0.3, 0.4) is 0 Å². The van der Waals surface area contributed by atoms with Crippen LogP contribution < -0.4 is 0 Å². The summed E-state index contributed by atoms with van der Waals surface area (Å²) in [7, 11) is 1.71. The van der Waals surface area contributed by atoms with Gasteiger partial charge in [-0.05, 0) is 26.3 Å². The van der Waals surface area contributed by atoms with E-state index in [-0.39, 0.29) is 17.7 Å². The Kier molecular flexibility index (Phi) is 5.16. The molecule has 0 aliphatic heterocycles. The number of carbonyl (C=O) groups is 1. The van der Waals surface area contributed by atoms with E-state index in [0.717, 1.165) is 5.56 Å². The maximum Gasteiger partial charge on any atom is 0.222 e. The fraction of sp³-hybridized carbons (Fsp3) is 0.500. The summed E-state index contributed by atoms with van der Waals surface area (Å²) in [5.41, 5.74) is 0.727. The lowest BCUT2D eigenvalue weighted by Gasteiger charge is -2.26. The van der Waals surface area contributed by atoms with Gasteiger partial charge in [-0.25, -0.2) is 0 Å². The molecule has 0 fully saturated rings. The summed E-state index contributed by atoms with van der Waals surface area (Å²) < 4.78 is 0. The van der Waals surface area contributed by atoms with E-state index in [2.05, 4.69) is 0 Å². The van der Waals surface area contributed by atoms with Gasteiger partial charge in [0.1, 0.15) is 5.75 Å². The lowest BCUT2D eigenvalue weighted by molar-refractivity contribution is -0.132. The monoisotopic (exact) mass is 251 g/mol. The Morgan fingerprint density at radius 1 is 1.33 bits per heavy atom. The molecule has 0 spiro atoms. The van der Waals surface area contributed by atoms with Crippen LogP contribution >= 0.6 is 0 Å². The van der Waals surface area contributed by atoms with Crippen LogP contribution in [-0.4, -0.2) is 34.2 Å². The molecule has 0 aromatic heterocycles. The van der Waals surface area contributed by atoms with Gasteiger partial charge in [0.15, 0.2) is 0 Å². The molecule has 0 bridgehead atoms. The van der Waals surface area contributed by atoms with Gasteiger partial charge >= 0.3 is 0 Å². The van der Waals surface area contributed by atoms with Gasteiger partial charge in [-0.3, -0.25) is 4.79 Å². The normalized spacial score (nSPS) is 14.0. The summed E-state index contributed by atoms with van der Waals surface area (Å²) in [5, 5.41) is 18.9. The maximum atomic E-state index is 11.9. The highest BCUT2D eigenvalue weighted by Crippen LogP contribution is 2.27. The molecule has 0 heterocycles. The fourth-order valence-electron chi connectivity index (χ4n) is 1.77. The Bertz CT molecular complexity index is 404. The first-order valence-corrected chi connectivity index (χ1v) is 6.15. The molecule has 1 rings (SSSR count). The molecule has 18 heavy (non-hydrogen) atoms. The van der Waals surface area contributed by atoms with Gasteiger partial charge in [0.25, 0.3) is 0 Å². The number of nitrogens with zero attached hydrogens (tertiary/aromatic N) is 1. The molecule has 4 nitrogen and oxygen atoms in total. The standard InChI is InChI=1S/C14H21NO3/c1-10(16)8-9-14(18)15(3)11(2)12-6-4-5-7-13(12)17/h4-7,10-11,16-17H,8-9H2,1-3H3. The van der Waals surface area contributed by atoms with Gasteiger partial charge in [0, 0.05) is 19.0 Å². The Balaban J connectivity index is 2.69. The van der Waals surface area contributed by atoms with E-state index >= 15 is 0 Å². The molecule has 0 aliphatic rings. The quantitative estimate of drug-likeness (QED) is 0.842. The number of aliphatic hydroxyl groups is 1. The predicted molar refractivity (Wildman–Crippen MR) is 70.2 cm³/mol. The van der Waals surface area contributed by atoms with Crippen molar-refractivity contribution in [1.29, 1.82) is 0 Å². The summed E-state index contributed by atoms with van der Waals surface area (Å²) in [6.07, 6.45) is 0.297. The highest BCUT2D eigenvalue weighted by molar-refractivity contribution is 5.76. The van der Waals surface area contributed by atoms with Gasteiger partial charge in [0.2, 0.25) is 5.91 Å². The van der Waals surface area contributed by atoms with Crippen LogP contribution in [0.2, 0.25) is 0 Å². The van der Waals surface area contributed by atoms with E-state index in [4.69, 9.17) is 0 Å². The molecule has 1 aromatic rings. The number of aliphatic hydroxyl groups excluding tert-OH is 1. The molecule has 4 heteroatoms. The van der Waals surface area contributed by atoms with E-state index in [9.17, 15) is 15.0 Å². The van der Waals surface area contributed by atoms with Crippen molar-refractivity contribution in [2.45, 2.75) is 38.8 Å². The summed E-state index contributed by atoms with van der Waals surface area (Å²) in [6.45, 7) is 3.54. The van der Waals surface area contributed by atoms with Gasteiger partial charge in [-0.2, -0.15) is 0 Å². The van der Waals surface area contributed by atoms with Crippen LogP contribution in [0.5, 0.6) is 5.75 Å². The second kappa shape index (κ2) is 6.40. The van der Waals surface area contributed by atoms with Crippen molar-refractivity contribution >= 4 is 5.91 Å². The van der Waals surface area contributed by atoms with Gasteiger partial charge in [-0.1, -0.05) is 18.2 Å². The fourth-order valence-corrected chi connectivity index (χ4v) is 1.77. The number of benzene rings is 1. The molecule has 1 aromatic carbocycles. The Morgan fingerprint density at radius 2 is 1.94 bits per heavy atom. The smallest absolute Gasteiger partial charge is 0.222 e. The molecule has 0 aliphatic carbocycles. The van der Waals surface area contributed by atoms with Crippen LogP contribution in [0.1, 0.15) is 38.3 Å². The minimum Gasteiger partial charge on any atom is -0.508 e. The molecule has 0 radical (unpaired) electrons. The second-order valence-corrected chi connectivity index (χ2v) is 4.63. The third-order valence-electron chi connectivity index (χ3n) is 3.14. The highest BCUT2D eigenvalue weighted by Gasteiger charge is 2.19. The highest BCUT2D eigenvalue weighted by atomic mass is 16.3. The summed E-state index contributed by atoms with van der Waals surface area (Å²) in [4.78, 5) is 13.5. The number of phenols is 1. The number of amides is 1. The van der Waals surface area contributed by atoms with Crippen LogP contribution in [-0.2, 0) is 4.79 Å². The molecule has 1 amide bonds. The number of phenolic OH excluding ortho intramolecular Hbond substituents is 1. The van der Waals surface area contributed by atoms with E-state index in [0.29, 0.717) is 12.8 Å². The Hall–Kier alpha value is -1.55. The number of carbonyl (C=O) groups excluding carboxylic acids is 1. The van der Waals surface area contributed by atoms with Crippen molar-refractivity contribution in [3.8, 4) is 5.75 Å². The first-order valence-electron chi connectivity index (χ1n) is 6.15. The van der Waals surface area contributed by atoms with Crippen LogP contribution in [0.25, 0.3) is 0 Å². The molecule has 0 saturated carbocycles. The number of rotatable bonds is 5. The van der Waals surface area contributed by atoms with Crippen molar-refractivity contribution in [3.63, 3.8) is 0 Å². The summed E-state index contributed by atoms with van der Waals surface area (Å²) in [5.74, 6) is 0.159. The van der Waals surface area contributed by atoms with Crippen molar-refractivity contribution in [2.75, 3.05) is 7.05 Å². The SMILES string of the molecule is CC(O)CCC(=O)N(C)C(C)c1ccccc1O. The largest absolute Gasteiger partial charge is 0.508 e. The first kappa shape index (κ1) is 14.5. The number of aromatic hydroxyl groups is 1. The molecule has 2 atom stereocenters. The number of hydrogen-bond donors (Lipinski definition) is 2. The van der Waals surface area contributed by atoms with Crippen LogP contribution in [0, 0.1) is 0 Å². The lowest BCUT2D eigenvalue weighted by Crippen LogP contribution is -2.30. The average Bonchev–Trinajstić information content (AvgIpc) is 2.34. The van der Waals surface area contributed by atoms with Crippen LogP contribution in [0.4, 0.5) is 0 Å². The number of para-hydroxylation sites is 1. The zero-order valence-corrected chi connectivity index (χ0v) is 11.1. The van der Waals surface area contributed by atoms with Gasteiger partial charge in [0.05, 0.1) is 12.1 Å². The summed E-state index contributed by atoms with van der Waals surface area (Å²) in [6, 6.07) is 6.81. The third-order valence-corrected chi connectivity index (χ3v) is 3.14. The topological polar surface area (TPSA) is 60.8 Å². The van der Waals surface area contributed by atoms with E-state index in [1.54, 1.807) is 37.1 Å². The van der Waals surface area contributed by atoms with E-state index in [1.807, 2.05) is 13.0 Å². The lowest BCUT2D eigenvalue weighted by atomic mass is 10.1.